The van der Waals surface area contributed by atoms with Gasteiger partial charge in [0.25, 0.3) is 0 Å². The topological polar surface area (TPSA) is 46.3 Å². The Bertz CT molecular complexity index is 247. The van der Waals surface area contributed by atoms with Gasteiger partial charge in [0.05, 0.1) is 5.92 Å². The normalized spacial score (nSPS) is 33.8. The molecule has 1 aliphatic heterocycles. The number of carbonyl (C=O) groups excluding carboxylic acids is 1. The Morgan fingerprint density at radius 1 is 1.50 bits per heavy atom. The van der Waals surface area contributed by atoms with Gasteiger partial charge in [-0.15, -0.1) is 35.6 Å². The lowest BCUT2D eigenvalue weighted by Gasteiger charge is -2.15. The van der Waals surface area contributed by atoms with E-state index < -0.39 is 4.33 Å². The van der Waals surface area contributed by atoms with Gasteiger partial charge in [-0.25, -0.2) is 0 Å². The lowest BCUT2D eigenvalue weighted by Crippen LogP contribution is -2.33. The summed E-state index contributed by atoms with van der Waals surface area (Å²) in [6.07, 6.45) is 1.47. The van der Waals surface area contributed by atoms with Gasteiger partial charge in [0, 0.05) is 19.1 Å². The number of hydrogen-bond acceptors (Lipinski definition) is 2. The maximum absolute atomic E-state index is 11.7. The van der Waals surface area contributed by atoms with Crippen molar-refractivity contribution < 1.29 is 4.79 Å². The van der Waals surface area contributed by atoms with E-state index in [1.165, 1.54) is 0 Å². The molecule has 14 heavy (non-hydrogen) atoms. The molecule has 0 aromatic heterocycles. The molecule has 1 unspecified atom stereocenters. The minimum absolute atomic E-state index is 0. The van der Waals surface area contributed by atoms with Crippen molar-refractivity contribution in [2.45, 2.75) is 23.2 Å². The molecule has 0 bridgehead atoms. The first-order chi connectivity index (χ1) is 6.00. The van der Waals surface area contributed by atoms with Crippen LogP contribution in [0, 0.1) is 5.92 Å². The molecule has 2 rings (SSSR count). The number of amides is 1. The van der Waals surface area contributed by atoms with Crippen molar-refractivity contribution in [2.75, 3.05) is 13.1 Å². The summed E-state index contributed by atoms with van der Waals surface area (Å²) in [6, 6.07) is 0.128. The molecule has 0 aromatic rings. The molecule has 2 aliphatic rings. The highest BCUT2D eigenvalue weighted by Gasteiger charge is 2.57. The second-order valence-electron chi connectivity index (χ2n) is 3.85. The summed E-state index contributed by atoms with van der Waals surface area (Å²) in [6.45, 7) is 1.40. The van der Waals surface area contributed by atoms with Gasteiger partial charge in [-0.2, -0.15) is 0 Å². The van der Waals surface area contributed by atoms with Crippen molar-refractivity contribution in [3.05, 3.63) is 0 Å². The number of alkyl halides is 2. The van der Waals surface area contributed by atoms with Gasteiger partial charge in [0.15, 0.2) is 0 Å². The first kappa shape index (κ1) is 12.4. The molecule has 1 saturated heterocycles. The third kappa shape index (κ3) is 2.27. The predicted octanol–water partition coefficient (Wildman–Crippen LogP) is 1.16. The molecule has 82 valence electrons. The van der Waals surface area contributed by atoms with Gasteiger partial charge < -0.3 is 10.6 Å². The van der Waals surface area contributed by atoms with E-state index in [9.17, 15) is 4.79 Å². The van der Waals surface area contributed by atoms with E-state index in [4.69, 9.17) is 28.9 Å². The number of nitrogens with zero attached hydrogens (tertiary/aromatic N) is 1. The van der Waals surface area contributed by atoms with Crippen LogP contribution >= 0.6 is 35.6 Å². The standard InChI is InChI=1S/C8H12Cl2N2O.ClH/c9-8(10)3-6(8)7(13)12-2-1-5(11)4-12;/h5-6H,1-4,11H2;1H/t5-,6?;/m1./s1. The zero-order chi connectivity index (χ0) is 9.64. The highest BCUT2D eigenvalue weighted by atomic mass is 35.5. The monoisotopic (exact) mass is 258 g/mol. The predicted molar refractivity (Wildman–Crippen MR) is 59.0 cm³/mol. The minimum atomic E-state index is -0.802. The maximum atomic E-state index is 11.7. The quantitative estimate of drug-likeness (QED) is 0.719. The SMILES string of the molecule is Cl.N[C@@H]1CCN(C(=O)C2CC2(Cl)Cl)C1. The first-order valence-corrected chi connectivity index (χ1v) is 5.18. The molecule has 0 radical (unpaired) electrons. The Kier molecular flexibility index (Phi) is 3.58. The number of nitrogens with two attached hydrogens (primary N) is 1. The van der Waals surface area contributed by atoms with Crippen LogP contribution in [0.2, 0.25) is 0 Å². The maximum Gasteiger partial charge on any atom is 0.228 e. The fourth-order valence-corrected chi connectivity index (χ4v) is 2.18. The Hall–Kier alpha value is 0.300. The van der Waals surface area contributed by atoms with Gasteiger partial charge in [0.1, 0.15) is 4.33 Å². The fraction of sp³-hybridized carbons (Fsp3) is 0.875. The Morgan fingerprint density at radius 2 is 2.07 bits per heavy atom. The molecule has 0 spiro atoms. The average molecular weight is 260 g/mol. The second kappa shape index (κ2) is 4.05. The number of hydrogen-bond donors (Lipinski definition) is 1. The van der Waals surface area contributed by atoms with Crippen LogP contribution < -0.4 is 5.73 Å². The summed E-state index contributed by atoms with van der Waals surface area (Å²) in [5.41, 5.74) is 5.69. The lowest BCUT2D eigenvalue weighted by molar-refractivity contribution is -0.131. The van der Waals surface area contributed by atoms with Gasteiger partial charge in [0.2, 0.25) is 5.91 Å². The molecule has 1 heterocycles. The third-order valence-electron chi connectivity index (χ3n) is 2.66. The molecule has 2 N–H and O–H groups in total. The largest absolute Gasteiger partial charge is 0.341 e. The van der Waals surface area contributed by atoms with Crippen molar-refractivity contribution in [1.82, 2.24) is 4.90 Å². The number of carbonyl (C=O) groups is 1. The smallest absolute Gasteiger partial charge is 0.228 e. The van der Waals surface area contributed by atoms with E-state index in [0.717, 1.165) is 13.0 Å². The summed E-state index contributed by atoms with van der Waals surface area (Å²) in [5, 5.41) is 0. The molecule has 1 aliphatic carbocycles. The van der Waals surface area contributed by atoms with E-state index in [1.54, 1.807) is 4.90 Å². The molecule has 6 heteroatoms. The zero-order valence-corrected chi connectivity index (χ0v) is 9.91. The Balaban J connectivity index is 0.000000980. The Morgan fingerprint density at radius 3 is 2.43 bits per heavy atom. The summed E-state index contributed by atoms with van der Waals surface area (Å²) in [4.78, 5) is 13.4. The number of likely N-dealkylation sites (tertiary alicyclic amines) is 1. The highest BCUT2D eigenvalue weighted by molar-refractivity contribution is 6.52. The summed E-state index contributed by atoms with van der Waals surface area (Å²) >= 11 is 11.6. The first-order valence-electron chi connectivity index (χ1n) is 4.43. The molecule has 0 aromatic carbocycles. The lowest BCUT2D eigenvalue weighted by atomic mass is 10.3. The van der Waals surface area contributed by atoms with Crippen LogP contribution in [0.1, 0.15) is 12.8 Å². The molecule has 2 atom stereocenters. The van der Waals surface area contributed by atoms with Crippen LogP contribution in [0.25, 0.3) is 0 Å². The van der Waals surface area contributed by atoms with E-state index in [2.05, 4.69) is 0 Å². The zero-order valence-electron chi connectivity index (χ0n) is 7.58. The fourth-order valence-electron chi connectivity index (χ4n) is 1.69. The third-order valence-corrected chi connectivity index (χ3v) is 3.50. The van der Waals surface area contributed by atoms with Crippen LogP contribution in [0.15, 0.2) is 0 Å². The molecule has 3 nitrogen and oxygen atoms in total. The minimum Gasteiger partial charge on any atom is -0.341 e. The van der Waals surface area contributed by atoms with Crippen molar-refractivity contribution in [3.63, 3.8) is 0 Å². The average Bonchev–Trinajstić information content (AvgIpc) is 2.47. The number of halogens is 3. The highest BCUT2D eigenvalue weighted by Crippen LogP contribution is 2.54. The van der Waals surface area contributed by atoms with Crippen LogP contribution in [0.4, 0.5) is 0 Å². The van der Waals surface area contributed by atoms with Crippen LogP contribution in [0.3, 0.4) is 0 Å². The van der Waals surface area contributed by atoms with E-state index in [-0.39, 0.29) is 30.3 Å². The van der Waals surface area contributed by atoms with Crippen molar-refractivity contribution in [2.24, 2.45) is 11.7 Å². The van der Waals surface area contributed by atoms with Crippen LogP contribution in [0.5, 0.6) is 0 Å². The molecule has 2 fully saturated rings. The molecule has 1 saturated carbocycles. The summed E-state index contributed by atoms with van der Waals surface area (Å²) in [5.74, 6) is -0.126. The van der Waals surface area contributed by atoms with Crippen molar-refractivity contribution in [3.8, 4) is 0 Å². The van der Waals surface area contributed by atoms with Gasteiger partial charge >= 0.3 is 0 Å². The van der Waals surface area contributed by atoms with Gasteiger partial charge in [-0.3, -0.25) is 4.79 Å². The van der Waals surface area contributed by atoms with Crippen LogP contribution in [-0.4, -0.2) is 34.3 Å². The van der Waals surface area contributed by atoms with E-state index in [1.807, 2.05) is 0 Å². The van der Waals surface area contributed by atoms with Gasteiger partial charge in [-0.1, -0.05) is 0 Å². The summed E-state index contributed by atoms with van der Waals surface area (Å²) < 4.78 is -0.802. The van der Waals surface area contributed by atoms with Gasteiger partial charge in [-0.05, 0) is 12.8 Å². The van der Waals surface area contributed by atoms with Crippen molar-refractivity contribution >= 4 is 41.5 Å². The van der Waals surface area contributed by atoms with Crippen LogP contribution in [-0.2, 0) is 4.79 Å². The van der Waals surface area contributed by atoms with E-state index in [0.29, 0.717) is 13.0 Å². The number of rotatable bonds is 1. The van der Waals surface area contributed by atoms with E-state index >= 15 is 0 Å². The summed E-state index contributed by atoms with van der Waals surface area (Å²) in [7, 11) is 0. The van der Waals surface area contributed by atoms with Crippen molar-refractivity contribution in [1.29, 1.82) is 0 Å². The molecule has 1 amide bonds. The molecular formula is C8H13Cl3N2O. The Labute approximate surface area is 99.3 Å². The molecular weight excluding hydrogens is 246 g/mol. The second-order valence-corrected chi connectivity index (χ2v) is 5.39.